The van der Waals surface area contributed by atoms with Crippen LogP contribution in [0.5, 0.6) is 0 Å². The normalized spacial score (nSPS) is 14.8. The highest BCUT2D eigenvalue weighted by atomic mass is 32.2. The molecule has 0 aromatic carbocycles. The third-order valence-electron chi connectivity index (χ3n) is 6.44. The van der Waals surface area contributed by atoms with Gasteiger partial charge < -0.3 is 5.32 Å². The predicted octanol–water partition coefficient (Wildman–Crippen LogP) is 9.92. The molecule has 0 aromatic heterocycles. The molecule has 0 heterocycles. The van der Waals surface area contributed by atoms with E-state index >= 15 is 0 Å². The van der Waals surface area contributed by atoms with Crippen LogP contribution < -0.4 is 5.32 Å². The molecule has 3 heteroatoms. The molecule has 0 rings (SSSR count). The molecule has 0 aliphatic rings. The largest absolute Gasteiger partial charge is 0.378 e. The van der Waals surface area contributed by atoms with E-state index in [1.807, 2.05) is 31.7 Å². The Balaban J connectivity index is 5.20. The van der Waals surface area contributed by atoms with Gasteiger partial charge in [0.05, 0.1) is 6.04 Å². The molecule has 0 bridgehead atoms. The van der Waals surface area contributed by atoms with Crippen molar-refractivity contribution in [3.63, 3.8) is 0 Å². The topological polar surface area (TPSA) is 29.1 Å². The molecule has 0 radical (unpaired) electrons. The zero-order chi connectivity index (χ0) is 27.5. The van der Waals surface area contributed by atoms with Crippen LogP contribution in [-0.4, -0.2) is 23.3 Å². The van der Waals surface area contributed by atoms with Crippen molar-refractivity contribution >= 4 is 17.5 Å². The first kappa shape index (κ1) is 34.3. The lowest BCUT2D eigenvalue weighted by Gasteiger charge is -2.22. The average molecular weight is 514 g/mol. The summed E-state index contributed by atoms with van der Waals surface area (Å²) in [5, 5.41) is 3.53. The predicted molar refractivity (Wildman–Crippen MR) is 166 cm³/mol. The van der Waals surface area contributed by atoms with Crippen molar-refractivity contribution in [2.45, 2.75) is 114 Å². The monoisotopic (exact) mass is 513 g/mol. The quantitative estimate of drug-likeness (QED) is 0.112. The van der Waals surface area contributed by atoms with E-state index in [2.05, 4.69) is 91.1 Å². The maximum absolute atomic E-state index is 13.1. The molecule has 0 aliphatic heterocycles. The summed E-state index contributed by atoms with van der Waals surface area (Å²) in [6.45, 7) is 21.3. The molecule has 0 fully saturated rings. The number of allylic oxidation sites excluding steroid dienone is 11. The van der Waals surface area contributed by atoms with Crippen LogP contribution >= 0.6 is 11.8 Å². The lowest BCUT2D eigenvalue weighted by Crippen LogP contribution is -2.41. The molecule has 0 aromatic rings. The Morgan fingerprint density at radius 2 is 1.53 bits per heavy atom. The van der Waals surface area contributed by atoms with Crippen LogP contribution in [0, 0.1) is 5.92 Å². The van der Waals surface area contributed by atoms with Gasteiger partial charge in [0, 0.05) is 23.1 Å². The van der Waals surface area contributed by atoms with Gasteiger partial charge in [0.15, 0.2) is 5.78 Å². The first-order chi connectivity index (χ1) is 17.0. The molecule has 1 N–H and O–H groups in total. The van der Waals surface area contributed by atoms with Gasteiger partial charge in [-0.3, -0.25) is 4.79 Å². The molecule has 2 atom stereocenters. The van der Waals surface area contributed by atoms with E-state index in [-0.39, 0.29) is 12.0 Å². The van der Waals surface area contributed by atoms with Crippen molar-refractivity contribution in [2.24, 2.45) is 5.92 Å². The Bertz CT molecular complexity index is 830. The van der Waals surface area contributed by atoms with E-state index in [1.165, 1.54) is 27.9 Å². The van der Waals surface area contributed by atoms with E-state index in [9.17, 15) is 4.79 Å². The molecule has 204 valence electrons. The molecule has 0 aliphatic carbocycles. The second-order valence-electron chi connectivity index (χ2n) is 10.5. The standard InChI is InChI=1S/C33H55NOS/c1-11-15-29(9)30(10)34-32(33(35)28(8)12-2)24-36-23-22-31(21-20-26(5)6)19-14-18-27(7)17-13-16-25(3)4/h11,15-16,18,20,22,28,32,34H,12-14,17,19,21,23-24H2,1-10H3/b15-11-,27-18+,30-29+,31-22-/t28-,32?/m1/s1. The van der Waals surface area contributed by atoms with Gasteiger partial charge in [-0.15, -0.1) is 0 Å². The molecule has 1 unspecified atom stereocenters. The van der Waals surface area contributed by atoms with E-state index in [4.69, 9.17) is 0 Å². The Morgan fingerprint density at radius 1 is 0.889 bits per heavy atom. The van der Waals surface area contributed by atoms with Gasteiger partial charge >= 0.3 is 0 Å². The summed E-state index contributed by atoms with van der Waals surface area (Å²) in [5.74, 6) is 2.13. The highest BCUT2D eigenvalue weighted by Gasteiger charge is 2.22. The summed E-state index contributed by atoms with van der Waals surface area (Å²) in [6.07, 6.45) is 20.0. The second-order valence-corrected chi connectivity index (χ2v) is 11.6. The summed E-state index contributed by atoms with van der Waals surface area (Å²) in [4.78, 5) is 13.1. The van der Waals surface area contributed by atoms with Crippen molar-refractivity contribution in [1.82, 2.24) is 5.32 Å². The van der Waals surface area contributed by atoms with Gasteiger partial charge in [0.25, 0.3) is 0 Å². The van der Waals surface area contributed by atoms with E-state index < -0.39 is 0 Å². The van der Waals surface area contributed by atoms with Crippen LogP contribution in [0.3, 0.4) is 0 Å². The van der Waals surface area contributed by atoms with Gasteiger partial charge in [-0.25, -0.2) is 0 Å². The fourth-order valence-electron chi connectivity index (χ4n) is 3.67. The number of carbonyl (C=O) groups is 1. The fraction of sp³-hybridized carbons (Fsp3) is 0.606. The fourth-order valence-corrected chi connectivity index (χ4v) is 4.64. The first-order valence-corrected chi connectivity index (χ1v) is 15.0. The zero-order valence-electron chi connectivity index (χ0n) is 25.1. The summed E-state index contributed by atoms with van der Waals surface area (Å²) >= 11 is 1.86. The third kappa shape index (κ3) is 16.8. The number of hydrogen-bond acceptors (Lipinski definition) is 3. The first-order valence-electron chi connectivity index (χ1n) is 13.8. The molecular weight excluding hydrogens is 458 g/mol. The minimum Gasteiger partial charge on any atom is -0.378 e. The Morgan fingerprint density at radius 3 is 2.11 bits per heavy atom. The van der Waals surface area contributed by atoms with Gasteiger partial charge in [-0.05, 0) is 99.5 Å². The molecule has 2 nitrogen and oxygen atoms in total. The summed E-state index contributed by atoms with van der Waals surface area (Å²) < 4.78 is 0. The Labute approximate surface area is 228 Å². The number of rotatable bonds is 18. The maximum atomic E-state index is 13.1. The van der Waals surface area contributed by atoms with Gasteiger partial charge in [0.2, 0.25) is 0 Å². The number of carbonyl (C=O) groups excluding carboxylic acids is 1. The van der Waals surface area contributed by atoms with Crippen molar-refractivity contribution < 1.29 is 4.79 Å². The van der Waals surface area contributed by atoms with Crippen LogP contribution in [-0.2, 0) is 4.79 Å². The molecular formula is C33H55NOS. The van der Waals surface area contributed by atoms with E-state index in [0.29, 0.717) is 5.78 Å². The molecule has 0 spiro atoms. The van der Waals surface area contributed by atoms with Gasteiger partial charge in [-0.2, -0.15) is 11.8 Å². The van der Waals surface area contributed by atoms with Crippen molar-refractivity contribution in [3.8, 4) is 0 Å². The van der Waals surface area contributed by atoms with E-state index in [0.717, 1.165) is 55.7 Å². The molecule has 0 saturated heterocycles. The van der Waals surface area contributed by atoms with Crippen LogP contribution in [0.1, 0.15) is 108 Å². The Hall–Kier alpha value is -1.74. The molecule has 0 amide bonds. The smallest absolute Gasteiger partial charge is 0.158 e. The lowest BCUT2D eigenvalue weighted by molar-refractivity contribution is -0.123. The summed E-state index contributed by atoms with van der Waals surface area (Å²) in [6, 6.07) is -0.147. The summed E-state index contributed by atoms with van der Waals surface area (Å²) in [5.41, 5.74) is 8.01. The number of ketones is 1. The van der Waals surface area contributed by atoms with E-state index in [1.54, 1.807) is 0 Å². The summed E-state index contributed by atoms with van der Waals surface area (Å²) in [7, 11) is 0. The number of hydrogen-bond donors (Lipinski definition) is 1. The van der Waals surface area contributed by atoms with Crippen LogP contribution in [0.25, 0.3) is 0 Å². The Kier molecular flexibility index (Phi) is 19.3. The zero-order valence-corrected chi connectivity index (χ0v) is 25.9. The van der Waals surface area contributed by atoms with Gasteiger partial charge in [0.1, 0.15) is 0 Å². The maximum Gasteiger partial charge on any atom is 0.158 e. The van der Waals surface area contributed by atoms with Crippen LogP contribution in [0.4, 0.5) is 0 Å². The SMILES string of the molecule is C/C=C\C(C)=C(/C)NC(CSC/C=C(\CC=C(C)C)CC/C=C(\C)CCC=C(C)C)C(=O)[C@H](C)CC. The lowest BCUT2D eigenvalue weighted by atomic mass is 9.98. The van der Waals surface area contributed by atoms with Crippen molar-refractivity contribution in [3.05, 3.63) is 70.0 Å². The van der Waals surface area contributed by atoms with Crippen molar-refractivity contribution in [2.75, 3.05) is 11.5 Å². The van der Waals surface area contributed by atoms with Gasteiger partial charge in [-0.1, -0.05) is 72.6 Å². The molecule has 36 heavy (non-hydrogen) atoms. The number of thioether (sulfide) groups is 1. The highest BCUT2D eigenvalue weighted by molar-refractivity contribution is 7.99. The van der Waals surface area contributed by atoms with Crippen LogP contribution in [0.2, 0.25) is 0 Å². The highest BCUT2D eigenvalue weighted by Crippen LogP contribution is 2.18. The van der Waals surface area contributed by atoms with Crippen molar-refractivity contribution in [1.29, 1.82) is 0 Å². The minimum atomic E-state index is -0.147. The second kappa shape index (κ2) is 20.3. The van der Waals surface area contributed by atoms with Crippen LogP contribution in [0.15, 0.2) is 70.0 Å². The third-order valence-corrected chi connectivity index (χ3v) is 7.41. The molecule has 0 saturated carbocycles. The average Bonchev–Trinajstić information content (AvgIpc) is 2.82. The minimum absolute atomic E-state index is 0.0773. The number of nitrogens with one attached hydrogen (secondary N) is 1. The number of Topliss-reactive ketones (excluding diaryl/α,β-unsaturated/α-hetero) is 1.